The van der Waals surface area contributed by atoms with E-state index in [9.17, 15) is 4.79 Å². The Balaban J connectivity index is 2.40. The van der Waals surface area contributed by atoms with Crippen LogP contribution < -0.4 is 16.0 Å². The summed E-state index contributed by atoms with van der Waals surface area (Å²) >= 11 is 0. The number of hydrogen-bond acceptors (Lipinski definition) is 5. The molecular weight excluding hydrogens is 218 g/mol. The van der Waals surface area contributed by atoms with Crippen LogP contribution in [0.2, 0.25) is 0 Å². The van der Waals surface area contributed by atoms with Crippen molar-refractivity contribution in [3.63, 3.8) is 0 Å². The van der Waals surface area contributed by atoms with Crippen LogP contribution in [0.4, 0.5) is 11.5 Å². The normalized spacial score (nSPS) is 19.6. The van der Waals surface area contributed by atoms with Crippen molar-refractivity contribution >= 4 is 17.4 Å². The van der Waals surface area contributed by atoms with Crippen molar-refractivity contribution in [1.82, 2.24) is 10.3 Å². The van der Waals surface area contributed by atoms with Gasteiger partial charge in [-0.25, -0.2) is 4.98 Å². The Bertz CT molecular complexity index is 493. The molecule has 1 fully saturated rings. The fraction of sp³-hybridized carbons (Fsp3) is 0.364. The standard InChI is InChI=1S/C11H13N5O/c1-7-11(17)15-4-5-16(7)10-9(13)8(6-12)2-3-14-10/h2-3,7H,4-5,13H2,1H3,(H,15,17). The van der Waals surface area contributed by atoms with Gasteiger partial charge in [0.15, 0.2) is 5.82 Å². The molecule has 6 nitrogen and oxygen atoms in total. The molecule has 1 aromatic heterocycles. The topological polar surface area (TPSA) is 95.0 Å². The lowest BCUT2D eigenvalue weighted by atomic mass is 10.1. The summed E-state index contributed by atoms with van der Waals surface area (Å²) in [4.78, 5) is 17.5. The minimum atomic E-state index is -0.326. The molecule has 1 amide bonds. The molecule has 1 saturated heterocycles. The number of anilines is 2. The van der Waals surface area contributed by atoms with Gasteiger partial charge in [0, 0.05) is 19.3 Å². The van der Waals surface area contributed by atoms with E-state index in [-0.39, 0.29) is 11.9 Å². The molecule has 1 aliphatic heterocycles. The number of aromatic nitrogens is 1. The van der Waals surface area contributed by atoms with E-state index in [1.165, 1.54) is 6.20 Å². The smallest absolute Gasteiger partial charge is 0.242 e. The van der Waals surface area contributed by atoms with Crippen LogP contribution in [0.15, 0.2) is 12.3 Å². The number of piperazine rings is 1. The predicted molar refractivity (Wildman–Crippen MR) is 63.2 cm³/mol. The summed E-state index contributed by atoms with van der Waals surface area (Å²) in [6.45, 7) is 2.98. The predicted octanol–water partition coefficient (Wildman–Crippen LogP) is -0.140. The molecule has 1 aromatic rings. The van der Waals surface area contributed by atoms with E-state index in [0.29, 0.717) is 30.2 Å². The van der Waals surface area contributed by atoms with Crippen molar-refractivity contribution in [3.8, 4) is 6.07 Å². The van der Waals surface area contributed by atoms with E-state index in [1.54, 1.807) is 13.0 Å². The second-order valence-corrected chi connectivity index (χ2v) is 3.87. The van der Waals surface area contributed by atoms with E-state index in [0.717, 1.165) is 0 Å². The fourth-order valence-corrected chi connectivity index (χ4v) is 1.86. The van der Waals surface area contributed by atoms with E-state index in [4.69, 9.17) is 11.0 Å². The highest BCUT2D eigenvalue weighted by Crippen LogP contribution is 2.25. The minimum Gasteiger partial charge on any atom is -0.395 e. The molecule has 0 radical (unpaired) electrons. The van der Waals surface area contributed by atoms with Crippen molar-refractivity contribution in [1.29, 1.82) is 5.26 Å². The number of nitrogens with one attached hydrogen (secondary N) is 1. The number of rotatable bonds is 1. The van der Waals surface area contributed by atoms with E-state index in [2.05, 4.69) is 10.3 Å². The maximum Gasteiger partial charge on any atom is 0.242 e. The van der Waals surface area contributed by atoms with Crippen molar-refractivity contribution in [3.05, 3.63) is 17.8 Å². The van der Waals surface area contributed by atoms with E-state index < -0.39 is 0 Å². The zero-order valence-electron chi connectivity index (χ0n) is 9.47. The average molecular weight is 231 g/mol. The molecule has 2 heterocycles. The number of pyridine rings is 1. The lowest BCUT2D eigenvalue weighted by Gasteiger charge is -2.34. The molecule has 0 aromatic carbocycles. The summed E-state index contributed by atoms with van der Waals surface area (Å²) in [5.74, 6) is 0.450. The van der Waals surface area contributed by atoms with Gasteiger partial charge in [-0.2, -0.15) is 5.26 Å². The highest BCUT2D eigenvalue weighted by atomic mass is 16.2. The first-order chi connectivity index (χ1) is 8.15. The maximum atomic E-state index is 11.6. The van der Waals surface area contributed by atoms with Crippen LogP contribution in [0, 0.1) is 11.3 Å². The second-order valence-electron chi connectivity index (χ2n) is 3.87. The Kier molecular flexibility index (Phi) is 2.83. The molecule has 0 saturated carbocycles. The van der Waals surface area contributed by atoms with Crippen LogP contribution in [0.3, 0.4) is 0 Å². The molecule has 2 rings (SSSR count). The van der Waals surface area contributed by atoms with Gasteiger partial charge in [0.2, 0.25) is 5.91 Å². The summed E-state index contributed by atoms with van der Waals surface area (Å²) in [6, 6.07) is 3.25. The van der Waals surface area contributed by atoms with Gasteiger partial charge in [0.25, 0.3) is 0 Å². The number of hydrogen-bond donors (Lipinski definition) is 2. The number of nitrogens with two attached hydrogens (primary N) is 1. The fourth-order valence-electron chi connectivity index (χ4n) is 1.86. The molecule has 88 valence electrons. The van der Waals surface area contributed by atoms with Gasteiger partial charge in [-0.3, -0.25) is 4.79 Å². The number of nitriles is 1. The minimum absolute atomic E-state index is 0.0557. The summed E-state index contributed by atoms with van der Waals surface area (Å²) in [5.41, 5.74) is 6.59. The lowest BCUT2D eigenvalue weighted by molar-refractivity contribution is -0.122. The van der Waals surface area contributed by atoms with E-state index >= 15 is 0 Å². The summed E-state index contributed by atoms with van der Waals surface area (Å²) in [6.07, 6.45) is 1.53. The zero-order chi connectivity index (χ0) is 12.4. The summed E-state index contributed by atoms with van der Waals surface area (Å²) in [7, 11) is 0. The van der Waals surface area contributed by atoms with Crippen LogP contribution in [0.25, 0.3) is 0 Å². The third kappa shape index (κ3) is 1.87. The number of nitrogens with zero attached hydrogens (tertiary/aromatic N) is 3. The van der Waals surface area contributed by atoms with Crippen molar-refractivity contribution in [2.24, 2.45) is 0 Å². The molecule has 0 aliphatic carbocycles. The SMILES string of the molecule is CC1C(=O)NCCN1c1nccc(C#N)c1N. The van der Waals surface area contributed by atoms with Crippen molar-refractivity contribution < 1.29 is 4.79 Å². The first-order valence-corrected chi connectivity index (χ1v) is 5.34. The van der Waals surface area contributed by atoms with Crippen LogP contribution in [0.5, 0.6) is 0 Å². The molecule has 1 unspecified atom stereocenters. The van der Waals surface area contributed by atoms with Gasteiger partial charge in [-0.15, -0.1) is 0 Å². The Hall–Kier alpha value is -2.29. The van der Waals surface area contributed by atoms with Gasteiger partial charge < -0.3 is 16.0 Å². The highest BCUT2D eigenvalue weighted by Gasteiger charge is 2.28. The highest BCUT2D eigenvalue weighted by molar-refractivity contribution is 5.87. The van der Waals surface area contributed by atoms with Crippen LogP contribution in [0.1, 0.15) is 12.5 Å². The Morgan fingerprint density at radius 2 is 2.47 bits per heavy atom. The van der Waals surface area contributed by atoms with Crippen LogP contribution in [-0.2, 0) is 4.79 Å². The van der Waals surface area contributed by atoms with Gasteiger partial charge in [-0.1, -0.05) is 0 Å². The van der Waals surface area contributed by atoms with Gasteiger partial charge in [-0.05, 0) is 13.0 Å². The quantitative estimate of drug-likeness (QED) is 0.701. The molecular formula is C11H13N5O. The molecule has 1 aliphatic rings. The number of carbonyl (C=O) groups excluding carboxylic acids is 1. The third-order valence-electron chi connectivity index (χ3n) is 2.86. The molecule has 17 heavy (non-hydrogen) atoms. The molecule has 3 N–H and O–H groups in total. The van der Waals surface area contributed by atoms with Gasteiger partial charge >= 0.3 is 0 Å². The lowest BCUT2D eigenvalue weighted by Crippen LogP contribution is -2.54. The largest absolute Gasteiger partial charge is 0.395 e. The van der Waals surface area contributed by atoms with Gasteiger partial charge in [0.1, 0.15) is 12.1 Å². The maximum absolute atomic E-state index is 11.6. The van der Waals surface area contributed by atoms with Crippen molar-refractivity contribution in [2.45, 2.75) is 13.0 Å². The van der Waals surface area contributed by atoms with Crippen LogP contribution >= 0.6 is 0 Å². The molecule has 6 heteroatoms. The Labute approximate surface area is 99.0 Å². The van der Waals surface area contributed by atoms with Crippen LogP contribution in [-0.4, -0.2) is 30.0 Å². The number of amides is 1. The molecule has 1 atom stereocenters. The Morgan fingerprint density at radius 1 is 1.71 bits per heavy atom. The first kappa shape index (κ1) is 11.2. The summed E-state index contributed by atoms with van der Waals surface area (Å²) in [5, 5.41) is 11.7. The monoisotopic (exact) mass is 231 g/mol. The average Bonchev–Trinajstić information content (AvgIpc) is 2.33. The zero-order valence-corrected chi connectivity index (χ0v) is 9.47. The van der Waals surface area contributed by atoms with Crippen molar-refractivity contribution in [2.75, 3.05) is 23.7 Å². The first-order valence-electron chi connectivity index (χ1n) is 5.34. The van der Waals surface area contributed by atoms with Gasteiger partial charge in [0.05, 0.1) is 11.3 Å². The Morgan fingerprint density at radius 3 is 3.18 bits per heavy atom. The third-order valence-corrected chi connectivity index (χ3v) is 2.86. The molecule has 0 bridgehead atoms. The van der Waals surface area contributed by atoms with E-state index in [1.807, 2.05) is 11.0 Å². The second kappa shape index (κ2) is 4.29. The number of carbonyl (C=O) groups is 1. The number of nitrogen functional groups attached to an aromatic ring is 1. The molecule has 0 spiro atoms. The summed E-state index contributed by atoms with van der Waals surface area (Å²) < 4.78 is 0.